The minimum atomic E-state index is -4.40. The Morgan fingerprint density at radius 3 is 2.41 bits per heavy atom. The van der Waals surface area contributed by atoms with Crippen LogP contribution in [0, 0.1) is 18.8 Å². The van der Waals surface area contributed by atoms with Crippen molar-refractivity contribution in [3.05, 3.63) is 59.8 Å². The SMILES string of the molecule is C#C.CC(=N/C=C(\C)c1ccc(-c2nc3ccc(C(F)(F)F)cc3[nH]2)cc1)N1CCC(CC(=O)O)CC1. The highest BCUT2D eigenvalue weighted by Crippen LogP contribution is 2.32. The molecule has 2 aromatic carbocycles. The predicted molar refractivity (Wildman–Crippen MR) is 140 cm³/mol. The minimum absolute atomic E-state index is 0.224. The summed E-state index contributed by atoms with van der Waals surface area (Å²) in [6, 6.07) is 11.1. The van der Waals surface area contributed by atoms with E-state index in [2.05, 4.69) is 32.7 Å². The standard InChI is InChI=1S/C26H27F3N4O2.C2H2/c1-16(15-30-17(2)33-11-9-18(10-12-33)13-24(34)35)19-3-5-20(6-4-19)25-31-22-8-7-21(26(27,28)29)14-23(22)32-25;1-2/h3-8,14-15,18H,9-13H2,1-2H3,(H,31,32)(H,34,35);1-2H/b16-15+,30-17?;. The summed E-state index contributed by atoms with van der Waals surface area (Å²) in [5.41, 5.74) is 2.82. The van der Waals surface area contributed by atoms with Gasteiger partial charge in [-0.05, 0) is 61.9 Å². The number of imidazole rings is 1. The third-order valence-electron chi connectivity index (χ3n) is 6.40. The number of aliphatic imine (C=N–C) groups is 1. The summed E-state index contributed by atoms with van der Waals surface area (Å²) in [4.78, 5) is 25.1. The molecule has 1 aliphatic rings. The van der Waals surface area contributed by atoms with E-state index in [1.165, 1.54) is 6.07 Å². The van der Waals surface area contributed by atoms with Gasteiger partial charge in [-0.25, -0.2) is 9.98 Å². The second-order valence-corrected chi connectivity index (χ2v) is 8.91. The molecule has 0 spiro atoms. The molecule has 9 heteroatoms. The molecule has 1 aromatic heterocycles. The first kappa shape index (κ1) is 27.5. The lowest BCUT2D eigenvalue weighted by Gasteiger charge is -2.32. The topological polar surface area (TPSA) is 81.6 Å². The number of benzene rings is 2. The van der Waals surface area contributed by atoms with Gasteiger partial charge in [0, 0.05) is 31.3 Å². The molecular weight excluding hydrogens is 481 g/mol. The number of H-pyrrole nitrogens is 1. The number of terminal acetylenes is 1. The molecule has 0 atom stereocenters. The lowest BCUT2D eigenvalue weighted by molar-refractivity contribution is -0.139. The summed E-state index contributed by atoms with van der Waals surface area (Å²) < 4.78 is 38.9. The largest absolute Gasteiger partial charge is 0.481 e. The van der Waals surface area contributed by atoms with E-state index in [-0.39, 0.29) is 12.3 Å². The van der Waals surface area contributed by atoms with Crippen LogP contribution in [0.1, 0.15) is 44.2 Å². The summed E-state index contributed by atoms with van der Waals surface area (Å²) in [6.45, 7) is 5.52. The molecule has 2 heterocycles. The zero-order valence-corrected chi connectivity index (χ0v) is 20.7. The summed E-state index contributed by atoms with van der Waals surface area (Å²) >= 11 is 0. The first-order valence-corrected chi connectivity index (χ1v) is 11.8. The molecule has 3 aromatic rings. The van der Waals surface area contributed by atoms with E-state index in [1.807, 2.05) is 44.3 Å². The van der Waals surface area contributed by atoms with E-state index in [0.29, 0.717) is 16.9 Å². The Morgan fingerprint density at radius 2 is 1.81 bits per heavy atom. The number of carboxylic acids is 1. The number of aromatic nitrogens is 2. The van der Waals surface area contributed by atoms with Crippen molar-refractivity contribution < 1.29 is 23.1 Å². The monoisotopic (exact) mass is 510 g/mol. The molecule has 37 heavy (non-hydrogen) atoms. The van der Waals surface area contributed by atoms with E-state index in [0.717, 1.165) is 60.6 Å². The van der Waals surface area contributed by atoms with Gasteiger partial charge in [0.1, 0.15) is 11.7 Å². The van der Waals surface area contributed by atoms with Crippen molar-refractivity contribution in [1.82, 2.24) is 14.9 Å². The summed E-state index contributed by atoms with van der Waals surface area (Å²) in [5.74, 6) is 0.892. The molecule has 1 fully saturated rings. The van der Waals surface area contributed by atoms with Crippen LogP contribution in [0.2, 0.25) is 0 Å². The van der Waals surface area contributed by atoms with Crippen LogP contribution in [0.15, 0.2) is 53.7 Å². The molecule has 0 bridgehead atoms. The second-order valence-electron chi connectivity index (χ2n) is 8.91. The van der Waals surface area contributed by atoms with Crippen molar-refractivity contribution in [2.45, 2.75) is 39.3 Å². The first-order chi connectivity index (χ1) is 17.6. The Hall–Kier alpha value is -4.06. The van der Waals surface area contributed by atoms with Crippen LogP contribution in [-0.2, 0) is 11.0 Å². The molecule has 0 aliphatic carbocycles. The molecule has 0 saturated carbocycles. The molecule has 0 unspecified atom stereocenters. The zero-order chi connectivity index (χ0) is 27.2. The molecule has 1 aliphatic heterocycles. The Morgan fingerprint density at radius 1 is 1.16 bits per heavy atom. The number of carbonyl (C=O) groups is 1. The average Bonchev–Trinajstić information content (AvgIpc) is 3.31. The maximum absolute atomic E-state index is 13.0. The molecule has 194 valence electrons. The summed E-state index contributed by atoms with van der Waals surface area (Å²) in [7, 11) is 0. The number of allylic oxidation sites excluding steroid dienone is 1. The van der Waals surface area contributed by atoms with Crippen LogP contribution in [0.3, 0.4) is 0 Å². The van der Waals surface area contributed by atoms with Crippen molar-refractivity contribution in [1.29, 1.82) is 0 Å². The number of nitrogens with zero attached hydrogens (tertiary/aromatic N) is 3. The first-order valence-electron chi connectivity index (χ1n) is 11.8. The fourth-order valence-electron chi connectivity index (χ4n) is 4.27. The molecule has 0 radical (unpaired) electrons. The number of aliphatic carboxylic acids is 1. The number of nitrogens with one attached hydrogen (secondary N) is 1. The fourth-order valence-corrected chi connectivity index (χ4v) is 4.27. The number of likely N-dealkylation sites (tertiary alicyclic amines) is 1. The number of halogens is 3. The highest BCUT2D eigenvalue weighted by Gasteiger charge is 2.30. The molecule has 0 amide bonds. The van der Waals surface area contributed by atoms with Gasteiger partial charge in [0.25, 0.3) is 0 Å². The van der Waals surface area contributed by atoms with E-state index < -0.39 is 17.7 Å². The normalized spacial score (nSPS) is 15.4. The van der Waals surface area contributed by atoms with Crippen molar-refractivity contribution in [2.75, 3.05) is 13.1 Å². The maximum atomic E-state index is 13.0. The third-order valence-corrected chi connectivity index (χ3v) is 6.40. The fraction of sp³-hybridized carbons (Fsp3) is 0.321. The predicted octanol–water partition coefficient (Wildman–Crippen LogP) is 6.46. The highest BCUT2D eigenvalue weighted by atomic mass is 19.4. The van der Waals surface area contributed by atoms with E-state index >= 15 is 0 Å². The van der Waals surface area contributed by atoms with Gasteiger partial charge in [0.2, 0.25) is 0 Å². The van der Waals surface area contributed by atoms with E-state index in [4.69, 9.17) is 5.11 Å². The summed E-state index contributed by atoms with van der Waals surface area (Å²) in [6.07, 6.45) is 7.34. The van der Waals surface area contributed by atoms with Crippen LogP contribution in [0.4, 0.5) is 13.2 Å². The minimum Gasteiger partial charge on any atom is -0.481 e. The number of hydrogen-bond acceptors (Lipinski definition) is 3. The Labute approximate surface area is 213 Å². The van der Waals surface area contributed by atoms with Gasteiger partial charge < -0.3 is 15.0 Å². The van der Waals surface area contributed by atoms with E-state index in [9.17, 15) is 18.0 Å². The highest BCUT2D eigenvalue weighted by molar-refractivity contribution is 5.82. The van der Waals surface area contributed by atoms with Gasteiger partial charge in [-0.2, -0.15) is 13.2 Å². The van der Waals surface area contributed by atoms with Gasteiger partial charge in [0.05, 0.1) is 16.6 Å². The Kier molecular flexibility index (Phi) is 8.77. The molecule has 4 rings (SSSR count). The molecular formula is C28H29F3N4O2. The number of aromatic amines is 1. The Balaban J connectivity index is 0.00000186. The quantitative estimate of drug-likeness (QED) is 0.234. The number of carboxylic acid groups (broad SMARTS) is 1. The number of alkyl halides is 3. The second kappa shape index (κ2) is 11.8. The van der Waals surface area contributed by atoms with Crippen LogP contribution in [-0.4, -0.2) is 44.9 Å². The Bertz CT molecular complexity index is 1310. The van der Waals surface area contributed by atoms with Gasteiger partial charge >= 0.3 is 12.1 Å². The van der Waals surface area contributed by atoms with E-state index in [1.54, 1.807) is 0 Å². The van der Waals surface area contributed by atoms with Crippen LogP contribution in [0.25, 0.3) is 28.0 Å². The van der Waals surface area contributed by atoms with Gasteiger partial charge in [-0.1, -0.05) is 24.3 Å². The maximum Gasteiger partial charge on any atom is 0.416 e. The lowest BCUT2D eigenvalue weighted by Crippen LogP contribution is -2.37. The van der Waals surface area contributed by atoms with Gasteiger partial charge in [-0.3, -0.25) is 4.79 Å². The van der Waals surface area contributed by atoms with Crippen LogP contribution in [0.5, 0.6) is 0 Å². The lowest BCUT2D eigenvalue weighted by atomic mass is 9.93. The van der Waals surface area contributed by atoms with Gasteiger partial charge in [0.15, 0.2) is 0 Å². The van der Waals surface area contributed by atoms with Crippen molar-refractivity contribution in [3.63, 3.8) is 0 Å². The number of fused-ring (bicyclic) bond motifs is 1. The van der Waals surface area contributed by atoms with Crippen molar-refractivity contribution in [3.8, 4) is 24.2 Å². The van der Waals surface area contributed by atoms with Crippen molar-refractivity contribution in [2.24, 2.45) is 10.9 Å². The molecule has 6 nitrogen and oxygen atoms in total. The van der Waals surface area contributed by atoms with Gasteiger partial charge in [-0.15, -0.1) is 12.8 Å². The van der Waals surface area contributed by atoms with Crippen molar-refractivity contribution >= 4 is 28.4 Å². The number of piperidine rings is 1. The van der Waals surface area contributed by atoms with Crippen LogP contribution < -0.4 is 0 Å². The zero-order valence-electron chi connectivity index (χ0n) is 20.7. The van der Waals surface area contributed by atoms with Crippen LogP contribution >= 0.6 is 0 Å². The number of hydrogen-bond donors (Lipinski definition) is 2. The average molecular weight is 511 g/mol. The molecule has 2 N–H and O–H groups in total. The summed E-state index contributed by atoms with van der Waals surface area (Å²) in [5, 5.41) is 8.96. The molecule has 1 saturated heterocycles. The smallest absolute Gasteiger partial charge is 0.416 e. The number of amidine groups is 1. The third kappa shape index (κ3) is 7.00. The number of rotatable bonds is 5.